The van der Waals surface area contributed by atoms with E-state index in [2.05, 4.69) is 48.1 Å². The van der Waals surface area contributed by atoms with Gasteiger partial charge in [-0.1, -0.05) is 53.7 Å². The van der Waals surface area contributed by atoms with Gasteiger partial charge >= 0.3 is 0 Å². The quantitative estimate of drug-likeness (QED) is 0.406. The summed E-state index contributed by atoms with van der Waals surface area (Å²) in [5.74, 6) is 4.84. The van der Waals surface area contributed by atoms with E-state index >= 15 is 0 Å². The molecular formula is C30H48O. The highest BCUT2D eigenvalue weighted by atomic mass is 16.1. The van der Waals surface area contributed by atoms with Crippen LogP contribution in [-0.2, 0) is 4.79 Å². The van der Waals surface area contributed by atoms with Crippen molar-refractivity contribution in [3.05, 3.63) is 12.2 Å². The molecule has 5 fully saturated rings. The predicted molar refractivity (Wildman–Crippen MR) is 130 cm³/mol. The van der Waals surface area contributed by atoms with Gasteiger partial charge in [0.25, 0.3) is 0 Å². The summed E-state index contributed by atoms with van der Waals surface area (Å²) in [7, 11) is 0. The van der Waals surface area contributed by atoms with Crippen LogP contribution in [0.3, 0.4) is 0 Å². The van der Waals surface area contributed by atoms with E-state index in [1.54, 1.807) is 0 Å². The summed E-state index contributed by atoms with van der Waals surface area (Å²) < 4.78 is 0. The van der Waals surface area contributed by atoms with E-state index in [-0.39, 0.29) is 0 Å². The van der Waals surface area contributed by atoms with Crippen LogP contribution in [0.4, 0.5) is 0 Å². The highest BCUT2D eigenvalue weighted by molar-refractivity contribution is 5.82. The molecule has 5 saturated carbocycles. The van der Waals surface area contributed by atoms with E-state index in [1.807, 2.05) is 0 Å². The van der Waals surface area contributed by atoms with Crippen LogP contribution in [0.25, 0.3) is 0 Å². The highest BCUT2D eigenvalue weighted by Gasteiger charge is 2.81. The van der Waals surface area contributed by atoms with Crippen molar-refractivity contribution in [1.82, 2.24) is 0 Å². The maximum atomic E-state index is 12.5. The Hall–Kier alpha value is -0.590. The minimum atomic E-state index is 0.334. The Kier molecular flexibility index (Phi) is 4.99. The predicted octanol–water partition coefficient (Wildman–Crippen LogP) is 8.23. The fourth-order valence-electron chi connectivity index (χ4n) is 10.7. The number of fused-ring (bicyclic) bond motifs is 2. The Balaban J connectivity index is 1.38. The molecule has 0 aromatic heterocycles. The Morgan fingerprint density at radius 2 is 1.74 bits per heavy atom. The fourth-order valence-corrected chi connectivity index (χ4v) is 10.7. The Morgan fingerprint density at radius 3 is 2.45 bits per heavy atom. The zero-order valence-electron chi connectivity index (χ0n) is 21.4. The van der Waals surface area contributed by atoms with Gasteiger partial charge in [-0.05, 0) is 115 Å². The molecule has 0 bridgehead atoms. The van der Waals surface area contributed by atoms with Crippen LogP contribution in [0.15, 0.2) is 12.2 Å². The standard InChI is InChI=1S/C30H48O/c1-19(2)20(3)8-9-21(4)23-12-14-28(7)26-11-10-24-22(5)25(31)13-15-29(24)18-30(26,29)17-16-27(23,28)6/h19,21-24,26H,3,8-18H2,1-2,4-7H3/t21-,22-,23-,24+,26+,27-,28+,29-,30?/m1/s1. The SMILES string of the molecule is C=C(CC[C@@H](C)[C@H]1CC[C@@]2(C)[C@@H]3CC[C@H]4[C@@H](C)C(=O)CC[C@@]45CC35CC[C@]12C)C(C)C. The average molecular weight is 425 g/mol. The first kappa shape index (κ1) is 22.2. The number of hydrogen-bond acceptors (Lipinski definition) is 1. The van der Waals surface area contributed by atoms with Gasteiger partial charge in [-0.25, -0.2) is 0 Å². The molecule has 0 N–H and O–H groups in total. The molecule has 5 aliphatic rings. The first-order chi connectivity index (χ1) is 14.5. The van der Waals surface area contributed by atoms with Crippen molar-refractivity contribution < 1.29 is 4.79 Å². The molecule has 31 heavy (non-hydrogen) atoms. The summed E-state index contributed by atoms with van der Waals surface area (Å²) in [5, 5.41) is 0. The molecule has 1 nitrogen and oxygen atoms in total. The highest BCUT2D eigenvalue weighted by Crippen LogP contribution is 2.88. The molecule has 0 amide bonds. The molecule has 0 aliphatic heterocycles. The molecule has 1 heteroatoms. The fraction of sp³-hybridized carbons (Fsp3) is 0.900. The van der Waals surface area contributed by atoms with E-state index in [0.29, 0.717) is 45.2 Å². The second-order valence-corrected chi connectivity index (χ2v) is 13.8. The number of carbonyl (C=O) groups excluding carboxylic acids is 1. The third kappa shape index (κ3) is 2.70. The molecule has 1 unspecified atom stereocenters. The van der Waals surface area contributed by atoms with E-state index in [9.17, 15) is 4.79 Å². The van der Waals surface area contributed by atoms with Crippen molar-refractivity contribution in [2.75, 3.05) is 0 Å². The lowest BCUT2D eigenvalue weighted by atomic mass is 9.43. The van der Waals surface area contributed by atoms with E-state index in [1.165, 1.54) is 69.8 Å². The van der Waals surface area contributed by atoms with Crippen LogP contribution in [0.2, 0.25) is 0 Å². The van der Waals surface area contributed by atoms with Crippen LogP contribution in [0, 0.1) is 57.2 Å². The van der Waals surface area contributed by atoms with E-state index in [0.717, 1.165) is 24.2 Å². The lowest BCUT2D eigenvalue weighted by Crippen LogP contribution is -2.55. The van der Waals surface area contributed by atoms with Gasteiger partial charge in [0.15, 0.2) is 0 Å². The van der Waals surface area contributed by atoms with Crippen LogP contribution in [0.1, 0.15) is 112 Å². The summed E-state index contributed by atoms with van der Waals surface area (Å²) in [5.41, 5.74) is 3.61. The third-order valence-electron chi connectivity index (χ3n) is 13.0. The maximum absolute atomic E-state index is 12.5. The molecule has 2 spiro atoms. The minimum absolute atomic E-state index is 0.334. The summed E-state index contributed by atoms with van der Waals surface area (Å²) in [6, 6.07) is 0. The Bertz CT molecular complexity index is 779. The lowest BCUT2D eigenvalue weighted by Gasteiger charge is -2.61. The van der Waals surface area contributed by atoms with Gasteiger partial charge in [-0.3, -0.25) is 4.79 Å². The van der Waals surface area contributed by atoms with Crippen LogP contribution >= 0.6 is 0 Å². The minimum Gasteiger partial charge on any atom is -0.299 e. The number of Topliss-reactive ketones (excluding diaryl/α,β-unsaturated/α-hetero) is 1. The number of hydrogen-bond donors (Lipinski definition) is 0. The average Bonchev–Trinajstić information content (AvgIpc) is 3.31. The van der Waals surface area contributed by atoms with Gasteiger partial charge in [-0.15, -0.1) is 0 Å². The van der Waals surface area contributed by atoms with Crippen molar-refractivity contribution in [2.45, 2.75) is 112 Å². The number of carbonyl (C=O) groups is 1. The van der Waals surface area contributed by atoms with Crippen molar-refractivity contribution in [2.24, 2.45) is 57.2 Å². The van der Waals surface area contributed by atoms with Crippen LogP contribution < -0.4 is 0 Å². The van der Waals surface area contributed by atoms with Gasteiger partial charge in [0.1, 0.15) is 5.78 Å². The molecule has 0 aromatic rings. The topological polar surface area (TPSA) is 17.1 Å². The van der Waals surface area contributed by atoms with Crippen molar-refractivity contribution >= 4 is 5.78 Å². The smallest absolute Gasteiger partial charge is 0.136 e. The summed E-state index contributed by atoms with van der Waals surface area (Å²) >= 11 is 0. The molecule has 0 heterocycles. The number of ketones is 1. The number of rotatable bonds is 5. The first-order valence-corrected chi connectivity index (χ1v) is 13.7. The first-order valence-electron chi connectivity index (χ1n) is 13.7. The number of allylic oxidation sites excluding steroid dienone is 1. The van der Waals surface area contributed by atoms with Gasteiger partial charge < -0.3 is 0 Å². The molecule has 0 radical (unpaired) electrons. The van der Waals surface area contributed by atoms with Crippen LogP contribution in [-0.4, -0.2) is 5.78 Å². The van der Waals surface area contributed by atoms with Gasteiger partial charge in [0.2, 0.25) is 0 Å². The maximum Gasteiger partial charge on any atom is 0.136 e. The Morgan fingerprint density at radius 1 is 1.00 bits per heavy atom. The van der Waals surface area contributed by atoms with Crippen molar-refractivity contribution in [3.63, 3.8) is 0 Å². The van der Waals surface area contributed by atoms with Gasteiger partial charge in [0, 0.05) is 12.3 Å². The molecular weight excluding hydrogens is 376 g/mol. The summed E-state index contributed by atoms with van der Waals surface area (Å²) in [6.07, 6.45) is 14.6. The zero-order chi connectivity index (χ0) is 22.4. The molecule has 174 valence electrons. The second kappa shape index (κ2) is 6.96. The van der Waals surface area contributed by atoms with Crippen molar-refractivity contribution in [3.8, 4) is 0 Å². The van der Waals surface area contributed by atoms with Crippen LogP contribution in [0.5, 0.6) is 0 Å². The molecule has 0 saturated heterocycles. The molecule has 5 aliphatic carbocycles. The molecule has 0 aromatic carbocycles. The normalized spacial score (nSPS) is 51.5. The second-order valence-electron chi connectivity index (χ2n) is 13.8. The van der Waals surface area contributed by atoms with E-state index < -0.39 is 0 Å². The molecule has 5 rings (SSSR count). The zero-order valence-corrected chi connectivity index (χ0v) is 21.4. The summed E-state index contributed by atoms with van der Waals surface area (Å²) in [4.78, 5) is 12.5. The Labute approximate surface area is 192 Å². The monoisotopic (exact) mass is 424 g/mol. The molecule has 9 atom stereocenters. The van der Waals surface area contributed by atoms with Crippen molar-refractivity contribution in [1.29, 1.82) is 0 Å². The van der Waals surface area contributed by atoms with E-state index in [4.69, 9.17) is 0 Å². The summed E-state index contributed by atoms with van der Waals surface area (Å²) in [6.45, 7) is 19.2. The van der Waals surface area contributed by atoms with Gasteiger partial charge in [-0.2, -0.15) is 0 Å². The third-order valence-corrected chi connectivity index (χ3v) is 13.0. The lowest BCUT2D eigenvalue weighted by molar-refractivity contribution is -0.146. The largest absolute Gasteiger partial charge is 0.299 e. The van der Waals surface area contributed by atoms with Gasteiger partial charge in [0.05, 0.1) is 0 Å².